The molecule has 2 fully saturated rings. The van der Waals surface area contributed by atoms with Crippen LogP contribution in [0.4, 0.5) is 0 Å². The van der Waals surface area contributed by atoms with Crippen LogP contribution in [0.15, 0.2) is 18.2 Å². The molecule has 2 N–H and O–H groups in total. The standard InChI is InChI=1S/C17H25NO2/c1-12-7-13(2)9-16(8-12)20-11-17(10-19,14-3-4-14)18-15-5-6-15/h7-9,14-15,18-19H,3-6,10-11H2,1-2H3. The minimum Gasteiger partial charge on any atom is -0.492 e. The van der Waals surface area contributed by atoms with Crippen LogP contribution in [-0.4, -0.2) is 29.9 Å². The van der Waals surface area contributed by atoms with Crippen molar-refractivity contribution in [1.82, 2.24) is 5.32 Å². The van der Waals surface area contributed by atoms with Gasteiger partial charge < -0.3 is 15.2 Å². The van der Waals surface area contributed by atoms with Gasteiger partial charge in [0.25, 0.3) is 0 Å². The highest BCUT2D eigenvalue weighted by molar-refractivity contribution is 5.33. The molecule has 2 aliphatic carbocycles. The molecular formula is C17H25NO2. The SMILES string of the molecule is Cc1cc(C)cc(OCC(CO)(NC2CC2)C2CC2)c1. The van der Waals surface area contributed by atoms with Crippen molar-refractivity contribution in [2.24, 2.45) is 5.92 Å². The third-order valence-corrected chi connectivity index (χ3v) is 4.40. The number of aliphatic hydroxyl groups excluding tert-OH is 1. The molecule has 2 saturated carbocycles. The maximum atomic E-state index is 9.91. The minimum atomic E-state index is -0.237. The van der Waals surface area contributed by atoms with E-state index in [4.69, 9.17) is 4.74 Å². The fourth-order valence-electron chi connectivity index (χ4n) is 3.00. The zero-order chi connectivity index (χ0) is 14.2. The smallest absolute Gasteiger partial charge is 0.119 e. The summed E-state index contributed by atoms with van der Waals surface area (Å²) in [6.45, 7) is 4.90. The second kappa shape index (κ2) is 5.38. The Kier molecular flexibility index (Phi) is 3.74. The summed E-state index contributed by atoms with van der Waals surface area (Å²) in [5, 5.41) is 13.5. The lowest BCUT2D eigenvalue weighted by Gasteiger charge is -2.33. The van der Waals surface area contributed by atoms with Gasteiger partial charge in [-0.2, -0.15) is 0 Å². The van der Waals surface area contributed by atoms with Crippen LogP contribution in [0, 0.1) is 19.8 Å². The number of hydrogen-bond acceptors (Lipinski definition) is 3. The van der Waals surface area contributed by atoms with Crippen molar-refractivity contribution in [3.05, 3.63) is 29.3 Å². The number of nitrogens with one attached hydrogen (secondary N) is 1. The van der Waals surface area contributed by atoms with Crippen LogP contribution in [0.3, 0.4) is 0 Å². The topological polar surface area (TPSA) is 41.5 Å². The highest BCUT2D eigenvalue weighted by atomic mass is 16.5. The van der Waals surface area contributed by atoms with E-state index in [2.05, 4.69) is 37.4 Å². The molecule has 2 aliphatic rings. The Hall–Kier alpha value is -1.06. The third-order valence-electron chi connectivity index (χ3n) is 4.40. The van der Waals surface area contributed by atoms with E-state index in [1.165, 1.54) is 36.8 Å². The monoisotopic (exact) mass is 275 g/mol. The summed E-state index contributed by atoms with van der Waals surface area (Å²) in [7, 11) is 0. The van der Waals surface area contributed by atoms with Crippen LogP contribution in [0.5, 0.6) is 5.75 Å². The average molecular weight is 275 g/mol. The first-order valence-electron chi connectivity index (χ1n) is 7.71. The Morgan fingerprint density at radius 2 is 1.80 bits per heavy atom. The summed E-state index contributed by atoms with van der Waals surface area (Å²) in [5.74, 6) is 1.48. The van der Waals surface area contributed by atoms with Gasteiger partial charge in [0.1, 0.15) is 12.4 Å². The Bertz CT molecular complexity index is 460. The molecule has 0 radical (unpaired) electrons. The molecule has 3 nitrogen and oxygen atoms in total. The first kappa shape index (κ1) is 13.9. The predicted molar refractivity (Wildman–Crippen MR) is 80.1 cm³/mol. The molecular weight excluding hydrogens is 250 g/mol. The Morgan fingerprint density at radius 1 is 1.15 bits per heavy atom. The first-order chi connectivity index (χ1) is 9.61. The number of rotatable bonds is 7. The van der Waals surface area contributed by atoms with Crippen molar-refractivity contribution in [2.75, 3.05) is 13.2 Å². The molecule has 3 heteroatoms. The summed E-state index contributed by atoms with van der Waals surface area (Å²) in [6, 6.07) is 6.87. The van der Waals surface area contributed by atoms with Crippen molar-refractivity contribution in [1.29, 1.82) is 0 Å². The van der Waals surface area contributed by atoms with E-state index >= 15 is 0 Å². The van der Waals surface area contributed by atoms with E-state index in [0.29, 0.717) is 18.6 Å². The minimum absolute atomic E-state index is 0.166. The molecule has 0 amide bonds. The van der Waals surface area contributed by atoms with Gasteiger partial charge >= 0.3 is 0 Å². The van der Waals surface area contributed by atoms with Crippen LogP contribution in [0.2, 0.25) is 0 Å². The van der Waals surface area contributed by atoms with Crippen LogP contribution >= 0.6 is 0 Å². The molecule has 110 valence electrons. The second-order valence-corrected chi connectivity index (χ2v) is 6.62. The molecule has 0 aliphatic heterocycles. The predicted octanol–water partition coefficient (Wildman–Crippen LogP) is 2.58. The van der Waals surface area contributed by atoms with Gasteiger partial charge in [-0.25, -0.2) is 0 Å². The van der Waals surface area contributed by atoms with Gasteiger partial charge in [-0.3, -0.25) is 0 Å². The molecule has 1 atom stereocenters. The Labute approximate surface area is 121 Å². The van der Waals surface area contributed by atoms with Crippen molar-refractivity contribution < 1.29 is 9.84 Å². The first-order valence-corrected chi connectivity index (χ1v) is 7.71. The maximum absolute atomic E-state index is 9.91. The zero-order valence-electron chi connectivity index (χ0n) is 12.5. The molecule has 1 aromatic carbocycles. The van der Waals surface area contributed by atoms with Crippen LogP contribution in [-0.2, 0) is 0 Å². The lowest BCUT2D eigenvalue weighted by molar-refractivity contribution is 0.0831. The van der Waals surface area contributed by atoms with Crippen molar-refractivity contribution in [3.63, 3.8) is 0 Å². The van der Waals surface area contributed by atoms with E-state index in [-0.39, 0.29) is 12.1 Å². The lowest BCUT2D eigenvalue weighted by atomic mass is 9.95. The number of aliphatic hydroxyl groups is 1. The number of benzene rings is 1. The van der Waals surface area contributed by atoms with Gasteiger partial charge in [0, 0.05) is 6.04 Å². The summed E-state index contributed by atoms with van der Waals surface area (Å²) in [6.07, 6.45) is 4.88. The molecule has 0 spiro atoms. The summed E-state index contributed by atoms with van der Waals surface area (Å²) in [4.78, 5) is 0. The van der Waals surface area contributed by atoms with Gasteiger partial charge in [-0.1, -0.05) is 6.07 Å². The quantitative estimate of drug-likeness (QED) is 0.803. The van der Waals surface area contributed by atoms with E-state index in [9.17, 15) is 5.11 Å². The molecule has 0 aromatic heterocycles. The highest BCUT2D eigenvalue weighted by Crippen LogP contribution is 2.41. The summed E-state index contributed by atoms with van der Waals surface area (Å²) < 4.78 is 6.03. The van der Waals surface area contributed by atoms with E-state index < -0.39 is 0 Å². The molecule has 1 unspecified atom stereocenters. The normalized spacial score (nSPS) is 21.6. The average Bonchev–Trinajstić information content (AvgIpc) is 3.25. The lowest BCUT2D eigenvalue weighted by Crippen LogP contribution is -2.56. The highest BCUT2D eigenvalue weighted by Gasteiger charge is 2.48. The fraction of sp³-hybridized carbons (Fsp3) is 0.647. The van der Waals surface area contributed by atoms with Gasteiger partial charge in [0.15, 0.2) is 0 Å². The van der Waals surface area contributed by atoms with Gasteiger partial charge in [-0.05, 0) is 68.7 Å². The van der Waals surface area contributed by atoms with Crippen LogP contribution in [0.25, 0.3) is 0 Å². The van der Waals surface area contributed by atoms with Crippen LogP contribution in [0.1, 0.15) is 36.8 Å². The molecule has 3 rings (SSSR count). The van der Waals surface area contributed by atoms with Gasteiger partial charge in [-0.15, -0.1) is 0 Å². The van der Waals surface area contributed by atoms with E-state index in [1.807, 2.05) is 0 Å². The second-order valence-electron chi connectivity index (χ2n) is 6.62. The molecule has 0 heterocycles. The molecule has 0 bridgehead atoms. The largest absolute Gasteiger partial charge is 0.492 e. The maximum Gasteiger partial charge on any atom is 0.119 e. The van der Waals surface area contributed by atoms with E-state index in [1.54, 1.807) is 0 Å². The zero-order valence-corrected chi connectivity index (χ0v) is 12.5. The molecule has 1 aromatic rings. The van der Waals surface area contributed by atoms with Crippen molar-refractivity contribution in [2.45, 2.75) is 51.1 Å². The molecule has 20 heavy (non-hydrogen) atoms. The van der Waals surface area contributed by atoms with Crippen molar-refractivity contribution in [3.8, 4) is 5.75 Å². The Balaban J connectivity index is 1.69. The number of aryl methyl sites for hydroxylation is 2. The Morgan fingerprint density at radius 3 is 2.30 bits per heavy atom. The van der Waals surface area contributed by atoms with E-state index in [0.717, 1.165) is 5.75 Å². The van der Waals surface area contributed by atoms with Gasteiger partial charge in [0.2, 0.25) is 0 Å². The third kappa shape index (κ3) is 3.15. The summed E-state index contributed by atoms with van der Waals surface area (Å²) in [5.41, 5.74) is 2.20. The summed E-state index contributed by atoms with van der Waals surface area (Å²) >= 11 is 0. The number of hydrogen-bond donors (Lipinski definition) is 2. The molecule has 0 saturated heterocycles. The van der Waals surface area contributed by atoms with Crippen molar-refractivity contribution >= 4 is 0 Å². The van der Waals surface area contributed by atoms with Gasteiger partial charge in [0.05, 0.1) is 12.1 Å². The van der Waals surface area contributed by atoms with Crippen LogP contribution < -0.4 is 10.1 Å². The number of ether oxygens (including phenoxy) is 1. The fourth-order valence-corrected chi connectivity index (χ4v) is 3.00.